The average Bonchev–Trinajstić information content (AvgIpc) is 3.51. The smallest absolute Gasteiger partial charge is 0.193 e. The standard InChI is InChI=1S/C24H33N7.HI/c1-4-25-24(30-14-12-21(17-30)22-15-27-29(3)16-22)26-13-8-9-20-18-31(28-19(20)2)23-10-6-5-7-11-23;/h5-7,10-11,15-16,18,21H,4,8-9,12-14,17H2,1-3H3,(H,25,26);1H. The Morgan fingerprint density at radius 1 is 1.22 bits per heavy atom. The number of aryl methyl sites for hydroxylation is 3. The Labute approximate surface area is 207 Å². The molecule has 0 spiro atoms. The van der Waals surface area contributed by atoms with Gasteiger partial charge >= 0.3 is 0 Å². The molecule has 0 aliphatic carbocycles. The molecule has 1 N–H and O–H groups in total. The lowest BCUT2D eigenvalue weighted by molar-refractivity contribution is 0.485. The largest absolute Gasteiger partial charge is 0.357 e. The summed E-state index contributed by atoms with van der Waals surface area (Å²) in [5, 5.41) is 12.5. The molecule has 0 saturated carbocycles. The summed E-state index contributed by atoms with van der Waals surface area (Å²) in [4.78, 5) is 7.31. The van der Waals surface area contributed by atoms with E-state index in [4.69, 9.17) is 4.99 Å². The lowest BCUT2D eigenvalue weighted by atomic mass is 10.0. The van der Waals surface area contributed by atoms with Gasteiger partial charge in [-0.3, -0.25) is 9.67 Å². The molecule has 32 heavy (non-hydrogen) atoms. The van der Waals surface area contributed by atoms with Crippen LogP contribution < -0.4 is 5.32 Å². The van der Waals surface area contributed by atoms with Crippen LogP contribution in [-0.2, 0) is 13.5 Å². The highest BCUT2D eigenvalue weighted by atomic mass is 127. The van der Waals surface area contributed by atoms with Crippen LogP contribution in [0.15, 0.2) is 53.9 Å². The van der Waals surface area contributed by atoms with Crippen LogP contribution in [0, 0.1) is 6.92 Å². The van der Waals surface area contributed by atoms with Crippen molar-refractivity contribution in [2.45, 2.75) is 39.0 Å². The van der Waals surface area contributed by atoms with Crippen molar-refractivity contribution in [3.8, 4) is 5.69 Å². The van der Waals surface area contributed by atoms with Gasteiger partial charge in [-0.2, -0.15) is 10.2 Å². The molecule has 0 amide bonds. The van der Waals surface area contributed by atoms with Crippen LogP contribution in [0.4, 0.5) is 0 Å². The second-order valence-corrected chi connectivity index (χ2v) is 8.24. The monoisotopic (exact) mass is 547 g/mol. The summed E-state index contributed by atoms with van der Waals surface area (Å²) < 4.78 is 3.86. The van der Waals surface area contributed by atoms with Crippen molar-refractivity contribution in [3.05, 3.63) is 65.7 Å². The average molecular weight is 547 g/mol. The maximum Gasteiger partial charge on any atom is 0.193 e. The Morgan fingerprint density at radius 2 is 2.03 bits per heavy atom. The molecule has 7 nitrogen and oxygen atoms in total. The quantitative estimate of drug-likeness (QED) is 0.211. The van der Waals surface area contributed by atoms with Crippen molar-refractivity contribution in [2.75, 3.05) is 26.2 Å². The molecule has 3 heterocycles. The molecule has 1 unspecified atom stereocenters. The topological polar surface area (TPSA) is 63.3 Å². The highest BCUT2D eigenvalue weighted by Crippen LogP contribution is 2.26. The molecule has 1 atom stereocenters. The summed E-state index contributed by atoms with van der Waals surface area (Å²) in [7, 11) is 1.98. The van der Waals surface area contributed by atoms with Crippen LogP contribution in [0.25, 0.3) is 5.69 Å². The molecule has 8 heteroatoms. The van der Waals surface area contributed by atoms with Crippen molar-refractivity contribution in [3.63, 3.8) is 0 Å². The zero-order valence-electron chi connectivity index (χ0n) is 19.2. The molecule has 1 fully saturated rings. The summed E-state index contributed by atoms with van der Waals surface area (Å²) in [6, 6.07) is 10.3. The first-order valence-electron chi connectivity index (χ1n) is 11.3. The number of nitrogens with zero attached hydrogens (tertiary/aromatic N) is 6. The minimum absolute atomic E-state index is 0. The maximum absolute atomic E-state index is 4.92. The van der Waals surface area contributed by atoms with Crippen LogP contribution in [0.1, 0.15) is 42.5 Å². The number of hydrogen-bond acceptors (Lipinski definition) is 3. The molecule has 1 aromatic carbocycles. The van der Waals surface area contributed by atoms with Gasteiger partial charge in [0.1, 0.15) is 0 Å². The fourth-order valence-electron chi connectivity index (χ4n) is 4.21. The normalized spacial score (nSPS) is 16.3. The Morgan fingerprint density at radius 3 is 2.75 bits per heavy atom. The number of aromatic nitrogens is 4. The van der Waals surface area contributed by atoms with Gasteiger partial charge in [-0.15, -0.1) is 24.0 Å². The van der Waals surface area contributed by atoms with E-state index in [1.165, 1.54) is 11.1 Å². The number of benzene rings is 1. The highest BCUT2D eigenvalue weighted by molar-refractivity contribution is 14.0. The third-order valence-corrected chi connectivity index (χ3v) is 5.91. The van der Waals surface area contributed by atoms with E-state index in [2.05, 4.69) is 58.8 Å². The first-order valence-corrected chi connectivity index (χ1v) is 11.3. The number of halogens is 1. The van der Waals surface area contributed by atoms with Crippen molar-refractivity contribution in [1.29, 1.82) is 0 Å². The second-order valence-electron chi connectivity index (χ2n) is 8.24. The van der Waals surface area contributed by atoms with E-state index in [1.807, 2.05) is 40.8 Å². The molecule has 0 bridgehead atoms. The van der Waals surface area contributed by atoms with Crippen LogP contribution in [-0.4, -0.2) is 56.6 Å². The number of rotatable bonds is 7. The van der Waals surface area contributed by atoms with Crippen LogP contribution in [0.5, 0.6) is 0 Å². The number of likely N-dealkylation sites (tertiary alicyclic amines) is 1. The number of para-hydroxylation sites is 1. The Hall–Kier alpha value is -2.36. The van der Waals surface area contributed by atoms with Crippen molar-refractivity contribution >= 4 is 29.9 Å². The minimum Gasteiger partial charge on any atom is -0.357 e. The zero-order valence-corrected chi connectivity index (χ0v) is 21.6. The van der Waals surface area contributed by atoms with Gasteiger partial charge in [0, 0.05) is 51.5 Å². The zero-order chi connectivity index (χ0) is 21.6. The predicted octanol–water partition coefficient (Wildman–Crippen LogP) is 3.92. The van der Waals surface area contributed by atoms with Gasteiger partial charge in [-0.25, -0.2) is 4.68 Å². The van der Waals surface area contributed by atoms with E-state index in [9.17, 15) is 0 Å². The Balaban J connectivity index is 0.00000289. The molecule has 1 aliphatic rings. The summed E-state index contributed by atoms with van der Waals surface area (Å²) in [6.07, 6.45) is 9.43. The fraction of sp³-hybridized carbons (Fsp3) is 0.458. The van der Waals surface area contributed by atoms with E-state index in [1.54, 1.807) is 0 Å². The minimum atomic E-state index is 0. The Bertz CT molecular complexity index is 1010. The van der Waals surface area contributed by atoms with Crippen LogP contribution in [0.3, 0.4) is 0 Å². The summed E-state index contributed by atoms with van der Waals surface area (Å²) in [6.45, 7) is 7.95. The fourth-order valence-corrected chi connectivity index (χ4v) is 4.21. The summed E-state index contributed by atoms with van der Waals surface area (Å²) in [5.74, 6) is 1.56. The van der Waals surface area contributed by atoms with Gasteiger partial charge in [0.05, 0.1) is 17.6 Å². The van der Waals surface area contributed by atoms with Crippen LogP contribution >= 0.6 is 24.0 Å². The molecule has 1 saturated heterocycles. The molecule has 4 rings (SSSR count). The molecular formula is C24H34IN7. The first kappa shape index (κ1) is 24.3. The van der Waals surface area contributed by atoms with Gasteiger partial charge in [-0.1, -0.05) is 18.2 Å². The van der Waals surface area contributed by atoms with E-state index >= 15 is 0 Å². The predicted molar refractivity (Wildman–Crippen MR) is 140 cm³/mol. The Kier molecular flexibility index (Phi) is 8.72. The van der Waals surface area contributed by atoms with E-state index in [0.29, 0.717) is 5.92 Å². The van der Waals surface area contributed by atoms with Crippen molar-refractivity contribution in [2.24, 2.45) is 12.0 Å². The maximum atomic E-state index is 4.92. The van der Waals surface area contributed by atoms with Crippen LogP contribution in [0.2, 0.25) is 0 Å². The van der Waals surface area contributed by atoms with Crippen molar-refractivity contribution < 1.29 is 0 Å². The SMILES string of the molecule is CCNC(=NCCCc1cn(-c2ccccc2)nc1C)N1CCC(c2cnn(C)c2)C1.I. The van der Waals surface area contributed by atoms with E-state index < -0.39 is 0 Å². The van der Waals surface area contributed by atoms with Crippen molar-refractivity contribution in [1.82, 2.24) is 29.8 Å². The third-order valence-electron chi connectivity index (χ3n) is 5.91. The number of aliphatic imine (C=N–C) groups is 1. The lowest BCUT2D eigenvalue weighted by Gasteiger charge is -2.21. The van der Waals surface area contributed by atoms with Gasteiger partial charge in [0.15, 0.2) is 5.96 Å². The molecule has 2 aromatic heterocycles. The van der Waals surface area contributed by atoms with Gasteiger partial charge in [-0.05, 0) is 56.4 Å². The second kappa shape index (κ2) is 11.5. The van der Waals surface area contributed by atoms with Gasteiger partial charge < -0.3 is 10.2 Å². The number of guanidine groups is 1. The third kappa shape index (κ3) is 5.90. The lowest BCUT2D eigenvalue weighted by Crippen LogP contribution is -2.40. The number of hydrogen-bond donors (Lipinski definition) is 1. The highest BCUT2D eigenvalue weighted by Gasteiger charge is 2.26. The molecule has 3 aromatic rings. The first-order chi connectivity index (χ1) is 15.1. The number of nitrogens with one attached hydrogen (secondary N) is 1. The van der Waals surface area contributed by atoms with Gasteiger partial charge in [0.25, 0.3) is 0 Å². The van der Waals surface area contributed by atoms with E-state index in [-0.39, 0.29) is 24.0 Å². The van der Waals surface area contributed by atoms with E-state index in [0.717, 1.165) is 62.8 Å². The summed E-state index contributed by atoms with van der Waals surface area (Å²) in [5.41, 5.74) is 4.81. The molecule has 1 aliphatic heterocycles. The molecular weight excluding hydrogens is 513 g/mol. The molecule has 172 valence electrons. The summed E-state index contributed by atoms with van der Waals surface area (Å²) >= 11 is 0. The molecule has 0 radical (unpaired) electrons. The van der Waals surface area contributed by atoms with Gasteiger partial charge in [0.2, 0.25) is 0 Å².